The van der Waals surface area contributed by atoms with Gasteiger partial charge in [0.15, 0.2) is 6.10 Å². The predicted octanol–water partition coefficient (Wildman–Crippen LogP) is 3.41. The number of halogens is 1. The fourth-order valence-corrected chi connectivity index (χ4v) is 2.06. The van der Waals surface area contributed by atoms with Crippen molar-refractivity contribution in [1.29, 1.82) is 0 Å². The van der Waals surface area contributed by atoms with E-state index in [0.29, 0.717) is 18.9 Å². The van der Waals surface area contributed by atoms with Gasteiger partial charge in [0.1, 0.15) is 23.9 Å². The van der Waals surface area contributed by atoms with Gasteiger partial charge in [0, 0.05) is 0 Å². The molecule has 0 fully saturated rings. The van der Waals surface area contributed by atoms with Crippen molar-refractivity contribution in [3.05, 3.63) is 59.4 Å². The lowest BCUT2D eigenvalue weighted by atomic mass is 10.1. The number of aryl methyl sites for hydroxylation is 2. The van der Waals surface area contributed by atoms with Crippen LogP contribution < -0.4 is 14.8 Å². The lowest BCUT2D eigenvalue weighted by Crippen LogP contribution is -2.38. The molecule has 4 nitrogen and oxygen atoms in total. The quantitative estimate of drug-likeness (QED) is 0.791. The normalized spacial score (nSPS) is 11.7. The summed E-state index contributed by atoms with van der Waals surface area (Å²) in [4.78, 5) is 12.0. The van der Waals surface area contributed by atoms with Crippen molar-refractivity contribution in [2.45, 2.75) is 26.9 Å². The van der Waals surface area contributed by atoms with Gasteiger partial charge in [-0.15, -0.1) is 0 Å². The van der Waals surface area contributed by atoms with E-state index in [2.05, 4.69) is 5.32 Å². The first-order valence-electron chi connectivity index (χ1n) is 7.85. The first-order valence-corrected chi connectivity index (χ1v) is 7.85. The summed E-state index contributed by atoms with van der Waals surface area (Å²) in [6.07, 6.45) is -0.669. The summed E-state index contributed by atoms with van der Waals surface area (Å²) >= 11 is 0. The molecule has 0 saturated heterocycles. The minimum Gasteiger partial charge on any atom is -0.492 e. The summed E-state index contributed by atoms with van der Waals surface area (Å²) in [7, 11) is 0. The van der Waals surface area contributed by atoms with Gasteiger partial charge in [-0.1, -0.05) is 6.07 Å². The summed E-state index contributed by atoms with van der Waals surface area (Å²) in [5.74, 6) is 0.638. The average Bonchev–Trinajstić information content (AvgIpc) is 2.56. The summed E-state index contributed by atoms with van der Waals surface area (Å²) in [5.41, 5.74) is 2.38. The van der Waals surface area contributed by atoms with E-state index in [4.69, 9.17) is 9.47 Å². The van der Waals surface area contributed by atoms with Gasteiger partial charge >= 0.3 is 0 Å². The van der Waals surface area contributed by atoms with Crippen LogP contribution >= 0.6 is 0 Å². The van der Waals surface area contributed by atoms with E-state index < -0.39 is 6.10 Å². The van der Waals surface area contributed by atoms with Crippen LogP contribution in [0.4, 0.5) is 4.39 Å². The molecular formula is C19H22FNO3. The van der Waals surface area contributed by atoms with Crippen LogP contribution in [0.3, 0.4) is 0 Å². The standard InChI is InChI=1S/C19H22FNO3/c1-13-4-7-18(12-14(13)2)23-11-10-21-19(22)15(3)24-17-8-5-16(20)6-9-17/h4-9,12,15H,10-11H2,1-3H3,(H,21,22)/t15-/m0/s1. The molecule has 0 radical (unpaired) electrons. The van der Waals surface area contributed by atoms with Gasteiger partial charge in [-0.25, -0.2) is 4.39 Å². The molecule has 0 spiro atoms. The zero-order chi connectivity index (χ0) is 17.5. The first-order chi connectivity index (χ1) is 11.5. The maximum atomic E-state index is 12.8. The minimum atomic E-state index is -0.669. The maximum absolute atomic E-state index is 12.8. The third-order valence-electron chi connectivity index (χ3n) is 3.64. The molecule has 128 valence electrons. The van der Waals surface area contributed by atoms with Crippen molar-refractivity contribution < 1.29 is 18.7 Å². The Bertz CT molecular complexity index is 686. The molecule has 0 bridgehead atoms. The Labute approximate surface area is 141 Å². The van der Waals surface area contributed by atoms with E-state index in [1.807, 2.05) is 32.0 Å². The third-order valence-corrected chi connectivity index (χ3v) is 3.64. The van der Waals surface area contributed by atoms with Crippen molar-refractivity contribution in [1.82, 2.24) is 5.32 Å². The fourth-order valence-electron chi connectivity index (χ4n) is 2.06. The number of benzene rings is 2. The van der Waals surface area contributed by atoms with Gasteiger partial charge in [-0.2, -0.15) is 0 Å². The number of rotatable bonds is 7. The van der Waals surface area contributed by atoms with Crippen molar-refractivity contribution in [3.8, 4) is 11.5 Å². The van der Waals surface area contributed by atoms with Crippen LogP contribution in [0.15, 0.2) is 42.5 Å². The molecule has 0 unspecified atom stereocenters. The SMILES string of the molecule is Cc1ccc(OCCNC(=O)[C@H](C)Oc2ccc(F)cc2)cc1C. The Morgan fingerprint density at radius 1 is 1.08 bits per heavy atom. The largest absolute Gasteiger partial charge is 0.492 e. The molecule has 24 heavy (non-hydrogen) atoms. The zero-order valence-corrected chi connectivity index (χ0v) is 14.1. The van der Waals surface area contributed by atoms with Crippen molar-refractivity contribution >= 4 is 5.91 Å². The molecular weight excluding hydrogens is 309 g/mol. The Balaban J connectivity index is 1.72. The third kappa shape index (κ3) is 5.26. The van der Waals surface area contributed by atoms with E-state index in [1.54, 1.807) is 6.92 Å². The first kappa shape index (κ1) is 17.8. The highest BCUT2D eigenvalue weighted by Gasteiger charge is 2.14. The monoisotopic (exact) mass is 331 g/mol. The topological polar surface area (TPSA) is 47.6 Å². The van der Waals surface area contributed by atoms with Gasteiger partial charge in [0.25, 0.3) is 5.91 Å². The van der Waals surface area contributed by atoms with E-state index in [9.17, 15) is 9.18 Å². The Morgan fingerprint density at radius 2 is 1.75 bits per heavy atom. The molecule has 1 N–H and O–H groups in total. The highest BCUT2D eigenvalue weighted by Crippen LogP contribution is 2.16. The molecule has 0 aliphatic rings. The summed E-state index contributed by atoms with van der Waals surface area (Å²) in [6.45, 7) is 6.46. The number of carbonyl (C=O) groups is 1. The Kier molecular flexibility index (Phi) is 6.18. The fraction of sp³-hybridized carbons (Fsp3) is 0.316. The molecule has 1 atom stereocenters. The van der Waals surface area contributed by atoms with Gasteiger partial charge in [0.05, 0.1) is 6.54 Å². The lowest BCUT2D eigenvalue weighted by Gasteiger charge is -2.15. The molecule has 5 heteroatoms. The molecule has 0 aromatic heterocycles. The van der Waals surface area contributed by atoms with E-state index in [0.717, 1.165) is 11.3 Å². The molecule has 0 aliphatic heterocycles. The Morgan fingerprint density at radius 3 is 2.42 bits per heavy atom. The smallest absolute Gasteiger partial charge is 0.260 e. The number of ether oxygens (including phenoxy) is 2. The van der Waals surface area contributed by atoms with Gasteiger partial charge < -0.3 is 14.8 Å². The predicted molar refractivity (Wildman–Crippen MR) is 90.9 cm³/mol. The maximum Gasteiger partial charge on any atom is 0.260 e. The van der Waals surface area contributed by atoms with Crippen molar-refractivity contribution in [3.63, 3.8) is 0 Å². The minimum absolute atomic E-state index is 0.247. The lowest BCUT2D eigenvalue weighted by molar-refractivity contribution is -0.127. The van der Waals surface area contributed by atoms with Crippen LogP contribution in [0, 0.1) is 19.7 Å². The van der Waals surface area contributed by atoms with Crippen LogP contribution in [0.2, 0.25) is 0 Å². The van der Waals surface area contributed by atoms with Crippen molar-refractivity contribution in [2.24, 2.45) is 0 Å². The van der Waals surface area contributed by atoms with Crippen LogP contribution in [-0.4, -0.2) is 25.2 Å². The molecule has 2 rings (SSSR count). The number of nitrogens with one attached hydrogen (secondary N) is 1. The molecule has 2 aromatic rings. The highest BCUT2D eigenvalue weighted by molar-refractivity contribution is 5.80. The summed E-state index contributed by atoms with van der Waals surface area (Å²) < 4.78 is 23.9. The van der Waals surface area contributed by atoms with E-state index >= 15 is 0 Å². The molecule has 2 aromatic carbocycles. The second-order valence-corrected chi connectivity index (χ2v) is 5.60. The zero-order valence-electron chi connectivity index (χ0n) is 14.1. The molecule has 0 aliphatic carbocycles. The molecule has 0 heterocycles. The van der Waals surface area contributed by atoms with Crippen LogP contribution in [0.25, 0.3) is 0 Å². The molecule has 0 saturated carbocycles. The van der Waals surface area contributed by atoms with Crippen molar-refractivity contribution in [2.75, 3.05) is 13.2 Å². The Hall–Kier alpha value is -2.56. The highest BCUT2D eigenvalue weighted by atomic mass is 19.1. The van der Waals surface area contributed by atoms with Gasteiger partial charge in [0.2, 0.25) is 0 Å². The van der Waals surface area contributed by atoms with Crippen LogP contribution in [0.5, 0.6) is 11.5 Å². The van der Waals surface area contributed by atoms with Crippen LogP contribution in [0.1, 0.15) is 18.1 Å². The number of hydrogen-bond acceptors (Lipinski definition) is 3. The summed E-state index contributed by atoms with van der Waals surface area (Å²) in [6, 6.07) is 11.4. The van der Waals surface area contributed by atoms with Gasteiger partial charge in [-0.3, -0.25) is 4.79 Å². The van der Waals surface area contributed by atoms with E-state index in [-0.39, 0.29) is 11.7 Å². The van der Waals surface area contributed by atoms with Crippen LogP contribution in [-0.2, 0) is 4.79 Å². The number of amides is 1. The van der Waals surface area contributed by atoms with E-state index in [1.165, 1.54) is 29.8 Å². The van der Waals surface area contributed by atoms with Gasteiger partial charge in [-0.05, 0) is 68.3 Å². The summed E-state index contributed by atoms with van der Waals surface area (Å²) in [5, 5.41) is 2.75. The average molecular weight is 331 g/mol. The number of carbonyl (C=O) groups excluding carboxylic acids is 1. The second-order valence-electron chi connectivity index (χ2n) is 5.60. The second kappa shape index (κ2) is 8.34. The number of hydrogen-bond donors (Lipinski definition) is 1. The molecule has 1 amide bonds.